The summed E-state index contributed by atoms with van der Waals surface area (Å²) < 4.78 is 12.1. The lowest BCUT2D eigenvalue weighted by atomic mass is 9.98. The van der Waals surface area contributed by atoms with Crippen molar-refractivity contribution in [2.75, 3.05) is 36.6 Å². The molecule has 0 saturated carbocycles. The van der Waals surface area contributed by atoms with Crippen molar-refractivity contribution in [3.05, 3.63) is 5.02 Å². The highest BCUT2D eigenvalue weighted by atomic mass is 35.5. The van der Waals surface area contributed by atoms with Crippen molar-refractivity contribution in [1.82, 2.24) is 9.97 Å². The first-order valence-electron chi connectivity index (χ1n) is 7.39. The standard InChI is InChI=1S/C13H17ClN4O4S/c1-22-12(21)7-3-2-4-18(5-7)13-16-10(15)9(14)11(17-13)23-6-8(19)20/h7H,2-6H2,1H3,(H,19,20)(H2,15,16,17)/i/hD. The fourth-order valence-electron chi connectivity index (χ4n) is 2.30. The van der Waals surface area contributed by atoms with Crippen LogP contribution in [0, 0.1) is 5.92 Å². The van der Waals surface area contributed by atoms with Crippen LogP contribution in [-0.4, -0.2) is 53.0 Å². The molecule has 0 amide bonds. The number of aliphatic carboxylic acids is 1. The van der Waals surface area contributed by atoms with E-state index in [1.165, 1.54) is 7.11 Å². The van der Waals surface area contributed by atoms with Gasteiger partial charge in [0.2, 0.25) is 5.95 Å². The first-order valence-corrected chi connectivity index (χ1v) is 8.25. The number of carbonyl (C=O) groups is 2. The van der Waals surface area contributed by atoms with E-state index in [4.69, 9.17) is 22.9 Å². The number of rotatable bonds is 6. The lowest BCUT2D eigenvalue weighted by Crippen LogP contribution is -2.40. The minimum atomic E-state index is -1.000. The number of ether oxygens (including phenoxy) is 1. The van der Waals surface area contributed by atoms with E-state index in [0.717, 1.165) is 24.6 Å². The summed E-state index contributed by atoms with van der Waals surface area (Å²) in [5, 5.41) is 9.19. The van der Waals surface area contributed by atoms with Gasteiger partial charge in [-0.3, -0.25) is 9.59 Å². The van der Waals surface area contributed by atoms with E-state index in [9.17, 15) is 9.59 Å². The molecule has 1 aliphatic rings. The van der Waals surface area contributed by atoms with Crippen molar-refractivity contribution >= 4 is 47.1 Å². The van der Waals surface area contributed by atoms with Crippen LogP contribution in [0.3, 0.4) is 0 Å². The van der Waals surface area contributed by atoms with Crippen LogP contribution in [0.5, 0.6) is 0 Å². The van der Waals surface area contributed by atoms with Gasteiger partial charge in [0.25, 0.3) is 0 Å². The molecule has 1 atom stereocenters. The van der Waals surface area contributed by atoms with Gasteiger partial charge >= 0.3 is 11.9 Å². The Bertz CT molecular complexity index is 636. The van der Waals surface area contributed by atoms with Crippen molar-refractivity contribution in [3.63, 3.8) is 0 Å². The summed E-state index contributed by atoms with van der Waals surface area (Å²) in [5.74, 6) is -1.37. The van der Waals surface area contributed by atoms with E-state index in [1.807, 2.05) is 4.90 Å². The van der Waals surface area contributed by atoms with Gasteiger partial charge in [0.05, 0.1) is 18.8 Å². The van der Waals surface area contributed by atoms with Gasteiger partial charge in [-0.15, -0.1) is 0 Å². The van der Waals surface area contributed by atoms with Crippen LogP contribution in [0.2, 0.25) is 6.43 Å². The Morgan fingerprint density at radius 3 is 3.04 bits per heavy atom. The fourth-order valence-corrected chi connectivity index (χ4v) is 3.18. The molecule has 10 heteroatoms. The number of carbonyl (C=O) groups excluding carboxylic acids is 1. The summed E-state index contributed by atoms with van der Waals surface area (Å²) >= 11 is 7.04. The van der Waals surface area contributed by atoms with E-state index in [2.05, 4.69) is 15.7 Å². The van der Waals surface area contributed by atoms with Crippen molar-refractivity contribution in [2.24, 2.45) is 5.92 Å². The highest BCUT2D eigenvalue weighted by Gasteiger charge is 2.28. The number of carboxylic acid groups (broad SMARTS) is 1. The maximum absolute atomic E-state index is 11.7. The highest BCUT2D eigenvalue weighted by molar-refractivity contribution is 8.00. The number of hydrogen-bond acceptors (Lipinski definition) is 8. The summed E-state index contributed by atoms with van der Waals surface area (Å²) in [6.45, 7) is 1.05. The smallest absolute Gasteiger partial charge is 0.313 e. The molecule has 1 aromatic heterocycles. The first kappa shape index (κ1) is 16.1. The Kier molecular flexibility index (Phi) is 5.39. The second kappa shape index (κ2) is 7.69. The van der Waals surface area contributed by atoms with Crippen LogP contribution in [0.1, 0.15) is 12.8 Å². The maximum Gasteiger partial charge on any atom is 0.313 e. The summed E-state index contributed by atoms with van der Waals surface area (Å²) in [7, 11) is 1.35. The average Bonchev–Trinajstić information content (AvgIpc) is 2.60. The van der Waals surface area contributed by atoms with Crippen LogP contribution >= 0.6 is 23.4 Å². The summed E-state index contributed by atoms with van der Waals surface area (Å²) in [6, 6.07) is 0. The molecule has 8 nitrogen and oxygen atoms in total. The molecule has 126 valence electrons. The second-order valence-corrected chi connectivity index (χ2v) is 6.32. The largest absolute Gasteiger partial charge is 0.481 e. The molecule has 1 unspecified atom stereocenters. The lowest BCUT2D eigenvalue weighted by molar-refractivity contribution is -0.145. The average molecular weight is 362 g/mol. The van der Waals surface area contributed by atoms with Crippen LogP contribution < -0.4 is 10.6 Å². The molecule has 23 heavy (non-hydrogen) atoms. The Morgan fingerprint density at radius 1 is 1.61 bits per heavy atom. The molecule has 1 fully saturated rings. The van der Waals surface area contributed by atoms with Gasteiger partial charge in [0.15, 0.2) is 1.41 Å². The number of anilines is 2. The zero-order chi connectivity index (χ0) is 17.7. The lowest BCUT2D eigenvalue weighted by Gasteiger charge is -2.31. The Labute approximate surface area is 143 Å². The minimum absolute atomic E-state index is 0.0924. The molecule has 0 bridgehead atoms. The zero-order valence-electron chi connectivity index (χ0n) is 13.4. The van der Waals surface area contributed by atoms with Crippen LogP contribution in [0.25, 0.3) is 0 Å². The molecule has 0 radical (unpaired) electrons. The number of thioether (sulfide) groups is 1. The molecular weight excluding hydrogens is 344 g/mol. The van der Waals surface area contributed by atoms with Crippen LogP contribution in [-0.2, 0) is 14.3 Å². The van der Waals surface area contributed by atoms with Crippen molar-refractivity contribution in [3.8, 4) is 0 Å². The predicted molar refractivity (Wildman–Crippen MR) is 86.8 cm³/mol. The third kappa shape index (κ3) is 4.38. The summed E-state index contributed by atoms with van der Waals surface area (Å²) in [5.41, 5.74) is 2.14. The quantitative estimate of drug-likeness (QED) is 0.438. The molecule has 2 heterocycles. The van der Waals surface area contributed by atoms with E-state index in [1.54, 1.807) is 0 Å². The fraction of sp³-hybridized carbons (Fsp3) is 0.538. The molecule has 1 aliphatic heterocycles. The number of hydrogen-bond donors (Lipinski definition) is 2. The van der Waals surface area contributed by atoms with Crippen molar-refractivity contribution in [2.45, 2.75) is 17.9 Å². The number of piperidine rings is 1. The predicted octanol–water partition coefficient (Wildman–Crippen LogP) is 1.28. The third-order valence-electron chi connectivity index (χ3n) is 3.38. The number of nitrogens with zero attached hydrogens (tertiary/aromatic N) is 3. The number of methoxy groups -OCH3 is 1. The Hall–Kier alpha value is -1.74. The molecule has 1 aromatic rings. The van der Waals surface area contributed by atoms with Gasteiger partial charge in [-0.25, -0.2) is 4.98 Å². The first-order chi connectivity index (χ1) is 11.5. The number of esters is 1. The van der Waals surface area contributed by atoms with Gasteiger partial charge in [0.1, 0.15) is 15.9 Å². The summed E-state index contributed by atoms with van der Waals surface area (Å²) in [6.07, 6.45) is 1.49. The maximum atomic E-state index is 11.7. The molecule has 0 spiro atoms. The van der Waals surface area contributed by atoms with Crippen LogP contribution in [0.4, 0.5) is 11.8 Å². The minimum Gasteiger partial charge on any atom is -0.481 e. The number of halogens is 1. The van der Waals surface area contributed by atoms with Crippen LogP contribution in [0.15, 0.2) is 5.03 Å². The molecule has 0 aliphatic carbocycles. The molecule has 1 saturated heterocycles. The molecule has 3 N–H and O–H groups in total. The van der Waals surface area contributed by atoms with Gasteiger partial charge in [-0.2, -0.15) is 4.98 Å². The van der Waals surface area contributed by atoms with Gasteiger partial charge in [-0.05, 0) is 12.8 Å². The number of carboxylic acids is 1. The molecule has 2 rings (SSSR count). The molecular formula is C13H17ClN4O4S. The second-order valence-electron chi connectivity index (χ2n) is 4.98. The zero-order valence-corrected chi connectivity index (χ0v) is 14.0. The van der Waals surface area contributed by atoms with Gasteiger partial charge < -0.3 is 20.5 Å². The topological polar surface area (TPSA) is 119 Å². The Balaban J connectivity index is 2.26. The monoisotopic (exact) mass is 361 g/mol. The van der Waals surface area contributed by atoms with Gasteiger partial charge in [0, 0.05) is 13.1 Å². The SMILES string of the molecule is [2H]Nc1nc(N2CCCC(C(=O)OC)C2)nc(SCC(=O)O)c1Cl. The molecule has 0 aromatic carbocycles. The van der Waals surface area contributed by atoms with E-state index in [0.29, 0.717) is 19.0 Å². The van der Waals surface area contributed by atoms with Gasteiger partial charge in [-0.1, -0.05) is 23.4 Å². The Morgan fingerprint density at radius 2 is 2.39 bits per heavy atom. The van der Waals surface area contributed by atoms with E-state index in [-0.39, 0.29) is 33.5 Å². The summed E-state index contributed by atoms with van der Waals surface area (Å²) in [4.78, 5) is 32.8. The highest BCUT2D eigenvalue weighted by Crippen LogP contribution is 2.32. The number of nitrogen functional groups attached to an aromatic ring is 1. The number of nitrogens with two attached hydrogens (primary N) is 1. The van der Waals surface area contributed by atoms with E-state index < -0.39 is 5.97 Å². The third-order valence-corrected chi connectivity index (χ3v) is 4.81. The van der Waals surface area contributed by atoms with Crippen molar-refractivity contribution in [1.29, 1.82) is 0 Å². The van der Waals surface area contributed by atoms with E-state index >= 15 is 0 Å². The normalized spacial score (nSPS) is 18.3. The number of aromatic nitrogens is 2. The van der Waals surface area contributed by atoms with Crippen molar-refractivity contribution < 1.29 is 20.8 Å².